The van der Waals surface area contributed by atoms with Crippen LogP contribution in [-0.2, 0) is 47.7 Å². The minimum atomic E-state index is -0.826. The van der Waals surface area contributed by atoms with E-state index in [1.165, 1.54) is 43.5 Å². The van der Waals surface area contributed by atoms with Crippen molar-refractivity contribution in [3.8, 4) is 23.0 Å². The SMILES string of the molecule is C=CC(=O)OC(C)COC(=O)C1CCC(C(=O)Oc2ccc(OC(=O)C3CCC(C(=O)Oc4ccc(OC(=O)C5CCC(C)CC5)c(C(=O)OC)c4)CC3)cc2C(=O)OC)CC1. The second kappa shape index (κ2) is 22.2. The van der Waals surface area contributed by atoms with E-state index in [2.05, 4.69) is 13.5 Å². The van der Waals surface area contributed by atoms with E-state index in [-0.39, 0.29) is 46.6 Å². The summed E-state index contributed by atoms with van der Waals surface area (Å²) in [5.74, 6) is -6.58. The molecule has 0 amide bonds. The van der Waals surface area contributed by atoms with Crippen LogP contribution in [0.4, 0.5) is 0 Å². The molecule has 62 heavy (non-hydrogen) atoms. The van der Waals surface area contributed by atoms with E-state index in [1.807, 2.05) is 0 Å². The monoisotopic (exact) mass is 862 g/mol. The van der Waals surface area contributed by atoms with Crippen LogP contribution in [0.5, 0.6) is 23.0 Å². The van der Waals surface area contributed by atoms with Gasteiger partial charge < -0.3 is 37.9 Å². The van der Waals surface area contributed by atoms with Crippen molar-refractivity contribution >= 4 is 47.8 Å². The van der Waals surface area contributed by atoms with Crippen LogP contribution in [0, 0.1) is 35.5 Å². The fourth-order valence-electron chi connectivity index (χ4n) is 7.87. The lowest BCUT2D eigenvalue weighted by Gasteiger charge is -2.26. The number of ether oxygens (including phenoxy) is 8. The van der Waals surface area contributed by atoms with Crippen molar-refractivity contribution in [1.82, 2.24) is 0 Å². The van der Waals surface area contributed by atoms with Crippen LogP contribution < -0.4 is 18.9 Å². The molecule has 0 saturated heterocycles. The number of carbonyl (C=O) groups excluding carboxylic acids is 8. The van der Waals surface area contributed by atoms with E-state index in [4.69, 9.17) is 37.9 Å². The van der Waals surface area contributed by atoms with Crippen LogP contribution >= 0.6 is 0 Å². The number of benzene rings is 2. The third kappa shape index (κ3) is 12.7. The second-order valence-corrected chi connectivity index (χ2v) is 16.1. The van der Waals surface area contributed by atoms with Crippen molar-refractivity contribution in [2.75, 3.05) is 20.8 Å². The number of carbonyl (C=O) groups is 8. The Bertz CT molecular complexity index is 2000. The predicted molar refractivity (Wildman–Crippen MR) is 217 cm³/mol. The largest absolute Gasteiger partial charge is 0.465 e. The standard InChI is InChI=1S/C46H54O16/c1-6-39(47)58-27(3)25-57-40(48)28-11-13-32(14-12-28)44(52)62-38-22-20-34(24-36(38)46(54)56-5)60-42(50)31-17-15-30(16-18-31)41(49)59-33-19-21-37(35(23-33)45(53)55-4)61-43(51)29-9-7-26(2)8-10-29/h6,19-24,26-32H,1,7-18,25H2,2-5H3. The molecule has 0 N–H and O–H groups in total. The molecule has 0 spiro atoms. The Kier molecular flexibility index (Phi) is 16.8. The van der Waals surface area contributed by atoms with Gasteiger partial charge in [-0.15, -0.1) is 0 Å². The number of hydrogen-bond donors (Lipinski definition) is 0. The van der Waals surface area contributed by atoms with Gasteiger partial charge in [0.25, 0.3) is 0 Å². The van der Waals surface area contributed by atoms with Gasteiger partial charge in [-0.25, -0.2) is 14.4 Å². The van der Waals surface area contributed by atoms with Gasteiger partial charge in [0.15, 0.2) is 0 Å². The smallest absolute Gasteiger partial charge is 0.341 e. The van der Waals surface area contributed by atoms with Gasteiger partial charge in [-0.3, -0.25) is 24.0 Å². The summed E-state index contributed by atoms with van der Waals surface area (Å²) in [6.45, 7) is 6.95. The number of rotatable bonds is 15. The van der Waals surface area contributed by atoms with Crippen molar-refractivity contribution in [1.29, 1.82) is 0 Å². The quantitative estimate of drug-likeness (QED) is 0.0791. The Labute approximate surface area is 359 Å². The first-order valence-corrected chi connectivity index (χ1v) is 21.0. The maximum absolute atomic E-state index is 13.2. The van der Waals surface area contributed by atoms with E-state index in [9.17, 15) is 38.4 Å². The molecule has 2 aromatic carbocycles. The highest BCUT2D eigenvalue weighted by atomic mass is 16.6. The molecule has 1 atom stereocenters. The van der Waals surface area contributed by atoms with Crippen molar-refractivity contribution in [3.05, 3.63) is 60.2 Å². The highest BCUT2D eigenvalue weighted by Gasteiger charge is 2.35. The first-order valence-electron chi connectivity index (χ1n) is 21.0. The van der Waals surface area contributed by atoms with Gasteiger partial charge in [-0.05, 0) is 126 Å². The van der Waals surface area contributed by atoms with Gasteiger partial charge in [0.2, 0.25) is 0 Å². The molecule has 3 fully saturated rings. The number of esters is 8. The highest BCUT2D eigenvalue weighted by molar-refractivity contribution is 5.95. The second-order valence-electron chi connectivity index (χ2n) is 16.1. The van der Waals surface area contributed by atoms with Gasteiger partial charge >= 0.3 is 47.8 Å². The lowest BCUT2D eigenvalue weighted by Crippen LogP contribution is -2.31. The maximum atomic E-state index is 13.2. The van der Waals surface area contributed by atoms with E-state index in [1.54, 1.807) is 6.92 Å². The van der Waals surface area contributed by atoms with Crippen LogP contribution in [-0.4, -0.2) is 74.7 Å². The lowest BCUT2D eigenvalue weighted by molar-refractivity contribution is -0.159. The van der Waals surface area contributed by atoms with E-state index < -0.39 is 77.5 Å². The molecule has 0 heterocycles. The van der Waals surface area contributed by atoms with Crippen molar-refractivity contribution in [3.63, 3.8) is 0 Å². The maximum Gasteiger partial charge on any atom is 0.341 e. The molecule has 0 aliphatic heterocycles. The minimum Gasteiger partial charge on any atom is -0.465 e. The fourth-order valence-corrected chi connectivity index (χ4v) is 7.87. The van der Waals surface area contributed by atoms with Crippen molar-refractivity contribution in [2.24, 2.45) is 35.5 Å². The molecule has 1 unspecified atom stereocenters. The van der Waals surface area contributed by atoms with Crippen LogP contribution in [0.3, 0.4) is 0 Å². The van der Waals surface area contributed by atoms with Gasteiger partial charge in [-0.1, -0.05) is 13.5 Å². The summed E-state index contributed by atoms with van der Waals surface area (Å²) in [6.07, 6.45) is 6.29. The summed E-state index contributed by atoms with van der Waals surface area (Å²) in [6, 6.07) is 8.12. The molecule has 0 bridgehead atoms. The molecule has 16 nitrogen and oxygen atoms in total. The van der Waals surface area contributed by atoms with E-state index in [0.29, 0.717) is 70.1 Å². The Morgan fingerprint density at radius 2 is 0.919 bits per heavy atom. The van der Waals surface area contributed by atoms with E-state index in [0.717, 1.165) is 26.0 Å². The van der Waals surface area contributed by atoms with Gasteiger partial charge in [0, 0.05) is 6.08 Å². The van der Waals surface area contributed by atoms with Crippen LogP contribution in [0.2, 0.25) is 0 Å². The number of hydrogen-bond acceptors (Lipinski definition) is 16. The molecule has 3 aliphatic rings. The topological polar surface area (TPSA) is 210 Å². The Morgan fingerprint density at radius 3 is 1.29 bits per heavy atom. The molecule has 2 aromatic rings. The Hall–Kier alpha value is -6.06. The first kappa shape index (κ1) is 47.0. The van der Waals surface area contributed by atoms with Crippen LogP contribution in [0.1, 0.15) is 112 Å². The zero-order valence-electron chi connectivity index (χ0n) is 35.5. The minimum absolute atomic E-state index is 0.0174. The summed E-state index contributed by atoms with van der Waals surface area (Å²) in [4.78, 5) is 102. The highest BCUT2D eigenvalue weighted by Crippen LogP contribution is 2.36. The van der Waals surface area contributed by atoms with Crippen LogP contribution in [0.15, 0.2) is 49.1 Å². The summed E-state index contributed by atoms with van der Waals surface area (Å²) < 4.78 is 42.5. The van der Waals surface area contributed by atoms with Gasteiger partial charge in [0.05, 0.1) is 43.8 Å². The Balaban J connectivity index is 1.10. The molecular formula is C46H54O16. The van der Waals surface area contributed by atoms with E-state index >= 15 is 0 Å². The fraction of sp³-hybridized carbons (Fsp3) is 0.522. The first-order chi connectivity index (χ1) is 29.7. The average molecular weight is 863 g/mol. The summed E-state index contributed by atoms with van der Waals surface area (Å²) in [5, 5.41) is 0. The molecule has 3 aliphatic carbocycles. The van der Waals surface area contributed by atoms with Crippen molar-refractivity contribution in [2.45, 2.75) is 97.0 Å². The third-order valence-corrected chi connectivity index (χ3v) is 11.7. The molecule has 0 radical (unpaired) electrons. The number of methoxy groups -OCH3 is 2. The lowest BCUT2D eigenvalue weighted by atomic mass is 9.82. The summed E-state index contributed by atoms with van der Waals surface area (Å²) >= 11 is 0. The molecule has 5 rings (SSSR count). The molecule has 3 saturated carbocycles. The zero-order chi connectivity index (χ0) is 44.9. The zero-order valence-corrected chi connectivity index (χ0v) is 35.5. The third-order valence-electron chi connectivity index (χ3n) is 11.7. The Morgan fingerprint density at radius 1 is 0.565 bits per heavy atom. The predicted octanol–water partition coefficient (Wildman–Crippen LogP) is 6.68. The van der Waals surface area contributed by atoms with Crippen LogP contribution in [0.25, 0.3) is 0 Å². The molecular weight excluding hydrogens is 808 g/mol. The van der Waals surface area contributed by atoms with Crippen molar-refractivity contribution < 1.29 is 76.3 Å². The van der Waals surface area contributed by atoms with Gasteiger partial charge in [-0.2, -0.15) is 0 Å². The molecule has 334 valence electrons. The average Bonchev–Trinajstić information content (AvgIpc) is 3.28. The molecule has 16 heteroatoms. The normalized spacial score (nSPS) is 22.6. The molecule has 0 aromatic heterocycles. The summed E-state index contributed by atoms with van der Waals surface area (Å²) in [7, 11) is 2.35. The van der Waals surface area contributed by atoms with Gasteiger partial charge in [0.1, 0.15) is 46.8 Å². The summed E-state index contributed by atoms with van der Waals surface area (Å²) in [5.41, 5.74) is -0.192.